The number of ether oxygens (including phenoxy) is 1. The molecule has 1 aromatic carbocycles. The number of halogens is 1. The molecule has 1 heterocycles. The summed E-state index contributed by atoms with van der Waals surface area (Å²) in [5.41, 5.74) is 0.900. The van der Waals surface area contributed by atoms with Crippen molar-refractivity contribution in [1.82, 2.24) is 5.16 Å². The molecule has 0 saturated heterocycles. The van der Waals surface area contributed by atoms with E-state index in [0.29, 0.717) is 11.5 Å². The Kier molecular flexibility index (Phi) is 5.80. The maximum absolute atomic E-state index is 13.2. The van der Waals surface area contributed by atoms with Crippen LogP contribution in [0.5, 0.6) is 0 Å². The number of rotatable bonds is 7. The van der Waals surface area contributed by atoms with Gasteiger partial charge in [0.15, 0.2) is 12.4 Å². The minimum atomic E-state index is -0.691. The molecular weight excluding hydrogens is 329 g/mol. The lowest BCUT2D eigenvalue weighted by molar-refractivity contribution is -0.143. The molecule has 1 atom stereocenters. The van der Waals surface area contributed by atoms with Crippen LogP contribution in [-0.4, -0.2) is 29.3 Å². The summed E-state index contributed by atoms with van der Waals surface area (Å²) in [7, 11) is 0. The molecule has 0 N–H and O–H groups in total. The van der Waals surface area contributed by atoms with E-state index in [0.717, 1.165) is 6.07 Å². The van der Waals surface area contributed by atoms with Gasteiger partial charge in [-0.05, 0) is 26.0 Å². The van der Waals surface area contributed by atoms with Crippen molar-refractivity contribution in [2.24, 2.45) is 5.92 Å². The van der Waals surface area contributed by atoms with Crippen LogP contribution in [0, 0.1) is 25.6 Å². The first-order valence-electron chi connectivity index (χ1n) is 7.71. The van der Waals surface area contributed by atoms with Gasteiger partial charge >= 0.3 is 5.97 Å². The molecule has 0 bridgehead atoms. The van der Waals surface area contributed by atoms with E-state index >= 15 is 0 Å². The predicted octanol–water partition coefficient (Wildman–Crippen LogP) is 3.07. The lowest BCUT2D eigenvalue weighted by Crippen LogP contribution is -2.20. The van der Waals surface area contributed by atoms with Crippen molar-refractivity contribution in [2.75, 3.05) is 6.61 Å². The molecule has 25 heavy (non-hydrogen) atoms. The van der Waals surface area contributed by atoms with Crippen LogP contribution in [0.1, 0.15) is 45.5 Å². The third kappa shape index (κ3) is 4.59. The minimum Gasteiger partial charge on any atom is -0.457 e. The van der Waals surface area contributed by atoms with Crippen LogP contribution in [0.15, 0.2) is 28.8 Å². The van der Waals surface area contributed by atoms with Crippen LogP contribution in [0.4, 0.5) is 4.39 Å². The molecule has 0 saturated carbocycles. The van der Waals surface area contributed by atoms with Crippen molar-refractivity contribution in [3.63, 3.8) is 0 Å². The topological polar surface area (TPSA) is 86.5 Å². The zero-order valence-corrected chi connectivity index (χ0v) is 14.2. The van der Waals surface area contributed by atoms with E-state index in [-0.39, 0.29) is 23.3 Å². The molecule has 6 nitrogen and oxygen atoms in total. The first kappa shape index (κ1) is 18.5. The standard InChI is InChI=1S/C18H18FNO5/c1-10(18(23)13-5-4-6-14(19)8-13)7-16(22)24-9-15(21)17-11(2)20-25-12(17)3/h4-6,8,10H,7,9H2,1-3H3. The van der Waals surface area contributed by atoms with Gasteiger partial charge in [0, 0.05) is 11.5 Å². The number of aryl methyl sites for hydroxylation is 2. The average molecular weight is 347 g/mol. The maximum atomic E-state index is 13.2. The van der Waals surface area contributed by atoms with Crippen molar-refractivity contribution < 1.29 is 28.0 Å². The predicted molar refractivity (Wildman–Crippen MR) is 85.8 cm³/mol. The molecule has 1 aromatic heterocycles. The second-order valence-corrected chi connectivity index (χ2v) is 5.76. The monoisotopic (exact) mass is 347 g/mol. The number of hydrogen-bond acceptors (Lipinski definition) is 6. The molecule has 2 rings (SSSR count). The largest absolute Gasteiger partial charge is 0.457 e. The van der Waals surface area contributed by atoms with Gasteiger partial charge in [0.25, 0.3) is 0 Å². The number of carbonyl (C=O) groups excluding carboxylic acids is 3. The Bertz CT molecular complexity index is 792. The molecule has 132 valence electrons. The molecule has 0 amide bonds. The maximum Gasteiger partial charge on any atom is 0.306 e. The lowest BCUT2D eigenvalue weighted by atomic mass is 9.96. The highest BCUT2D eigenvalue weighted by atomic mass is 19.1. The zero-order valence-electron chi connectivity index (χ0n) is 14.2. The van der Waals surface area contributed by atoms with Crippen molar-refractivity contribution in [2.45, 2.75) is 27.2 Å². The molecule has 0 spiro atoms. The zero-order chi connectivity index (χ0) is 18.6. The number of nitrogens with zero attached hydrogens (tertiary/aromatic N) is 1. The smallest absolute Gasteiger partial charge is 0.306 e. The summed E-state index contributed by atoms with van der Waals surface area (Å²) in [6.07, 6.45) is -0.204. The van der Waals surface area contributed by atoms with E-state index in [1.165, 1.54) is 18.2 Å². The summed E-state index contributed by atoms with van der Waals surface area (Å²) >= 11 is 0. The molecule has 1 unspecified atom stereocenters. The highest BCUT2D eigenvalue weighted by molar-refractivity contribution is 6.01. The van der Waals surface area contributed by atoms with Gasteiger partial charge in [-0.25, -0.2) is 4.39 Å². The van der Waals surface area contributed by atoms with Crippen LogP contribution in [0.3, 0.4) is 0 Å². The van der Waals surface area contributed by atoms with E-state index in [1.807, 2.05) is 0 Å². The van der Waals surface area contributed by atoms with Gasteiger partial charge in [0.2, 0.25) is 5.78 Å². The van der Waals surface area contributed by atoms with Gasteiger partial charge in [-0.2, -0.15) is 0 Å². The number of Topliss-reactive ketones (excluding diaryl/α,β-unsaturated/α-hetero) is 2. The Morgan fingerprint density at radius 3 is 2.60 bits per heavy atom. The Balaban J connectivity index is 1.89. The second-order valence-electron chi connectivity index (χ2n) is 5.76. The highest BCUT2D eigenvalue weighted by Gasteiger charge is 2.22. The Morgan fingerprint density at radius 2 is 2.00 bits per heavy atom. The molecule has 7 heteroatoms. The number of aromatic nitrogens is 1. The Labute approximate surface area is 144 Å². The van der Waals surface area contributed by atoms with Gasteiger partial charge in [0.1, 0.15) is 11.6 Å². The lowest BCUT2D eigenvalue weighted by Gasteiger charge is -2.10. The van der Waals surface area contributed by atoms with Gasteiger partial charge in [-0.15, -0.1) is 0 Å². The third-order valence-corrected chi connectivity index (χ3v) is 3.71. The Morgan fingerprint density at radius 1 is 1.28 bits per heavy atom. The fraction of sp³-hybridized carbons (Fsp3) is 0.333. The molecule has 2 aromatic rings. The van der Waals surface area contributed by atoms with Gasteiger partial charge in [0.05, 0.1) is 17.7 Å². The van der Waals surface area contributed by atoms with Crippen molar-refractivity contribution in [3.8, 4) is 0 Å². The summed E-state index contributed by atoms with van der Waals surface area (Å²) in [4.78, 5) is 36.1. The van der Waals surface area contributed by atoms with E-state index in [1.54, 1.807) is 20.8 Å². The van der Waals surface area contributed by atoms with Crippen LogP contribution in [-0.2, 0) is 9.53 Å². The minimum absolute atomic E-state index is 0.187. The summed E-state index contributed by atoms with van der Waals surface area (Å²) in [5, 5.41) is 3.66. The molecule has 0 aliphatic carbocycles. The van der Waals surface area contributed by atoms with Crippen LogP contribution < -0.4 is 0 Å². The number of ketones is 2. The van der Waals surface area contributed by atoms with E-state index in [9.17, 15) is 18.8 Å². The molecule has 0 fully saturated rings. The molecule has 0 aliphatic rings. The van der Waals surface area contributed by atoms with Crippen LogP contribution >= 0.6 is 0 Å². The number of esters is 1. The third-order valence-electron chi connectivity index (χ3n) is 3.71. The second kappa shape index (κ2) is 7.83. The van der Waals surface area contributed by atoms with Crippen molar-refractivity contribution >= 4 is 17.5 Å². The van der Waals surface area contributed by atoms with Gasteiger partial charge in [-0.3, -0.25) is 14.4 Å². The number of hydrogen-bond donors (Lipinski definition) is 0. The van der Waals surface area contributed by atoms with E-state index in [2.05, 4.69) is 5.16 Å². The van der Waals surface area contributed by atoms with E-state index in [4.69, 9.17) is 9.26 Å². The van der Waals surface area contributed by atoms with Crippen LogP contribution in [0.2, 0.25) is 0 Å². The summed E-state index contributed by atoms with van der Waals surface area (Å²) < 4.78 is 23.0. The van der Waals surface area contributed by atoms with E-state index < -0.39 is 30.1 Å². The van der Waals surface area contributed by atoms with Gasteiger partial charge in [-0.1, -0.05) is 24.2 Å². The quantitative estimate of drug-likeness (QED) is 0.565. The highest BCUT2D eigenvalue weighted by Crippen LogP contribution is 2.15. The average Bonchev–Trinajstić information content (AvgIpc) is 2.90. The molecule has 0 aliphatic heterocycles. The summed E-state index contributed by atoms with van der Waals surface area (Å²) in [6.45, 7) is 4.30. The SMILES string of the molecule is Cc1noc(C)c1C(=O)COC(=O)CC(C)C(=O)c1cccc(F)c1. The molecule has 0 radical (unpaired) electrons. The van der Waals surface area contributed by atoms with Crippen molar-refractivity contribution in [3.05, 3.63) is 52.7 Å². The van der Waals surface area contributed by atoms with Gasteiger partial charge < -0.3 is 9.26 Å². The van der Waals surface area contributed by atoms with Crippen LogP contribution in [0.25, 0.3) is 0 Å². The fourth-order valence-corrected chi connectivity index (χ4v) is 2.43. The fourth-order valence-electron chi connectivity index (χ4n) is 2.43. The first-order valence-corrected chi connectivity index (χ1v) is 7.71. The van der Waals surface area contributed by atoms with Crippen molar-refractivity contribution in [1.29, 1.82) is 0 Å². The normalized spacial score (nSPS) is 11.8. The number of carbonyl (C=O) groups is 3. The Hall–Kier alpha value is -2.83. The molecular formula is C18H18FNO5. The summed E-state index contributed by atoms with van der Waals surface area (Å²) in [5.74, 6) is -2.33. The summed E-state index contributed by atoms with van der Waals surface area (Å²) in [6, 6.07) is 5.26. The number of benzene rings is 1. The first-order chi connectivity index (χ1) is 11.8.